The van der Waals surface area contributed by atoms with Gasteiger partial charge in [0.15, 0.2) is 5.78 Å². The number of benzene rings is 2. The van der Waals surface area contributed by atoms with Gasteiger partial charge in [0, 0.05) is 16.1 Å². The topological polar surface area (TPSA) is 55.9 Å². The highest BCUT2D eigenvalue weighted by molar-refractivity contribution is 6.31. The van der Waals surface area contributed by atoms with Crippen LogP contribution in [0, 0.1) is 0 Å². The number of hydrogen-bond acceptors (Lipinski definition) is 4. The lowest BCUT2D eigenvalue weighted by Gasteiger charge is -2.08. The quantitative estimate of drug-likeness (QED) is 0.486. The number of hydrogen-bond donors (Lipinski definition) is 0. The van der Waals surface area contributed by atoms with Crippen LogP contribution in [0.2, 0.25) is 5.02 Å². The van der Waals surface area contributed by atoms with Crippen LogP contribution in [-0.4, -0.2) is 25.0 Å². The molecule has 0 bridgehead atoms. The summed E-state index contributed by atoms with van der Waals surface area (Å²) in [6.45, 7) is 1.96. The minimum Gasteiger partial charge on any atom is -0.465 e. The second-order valence-corrected chi connectivity index (χ2v) is 5.83. The number of methoxy groups -OCH3 is 1. The average molecular weight is 331 g/mol. The molecule has 1 aliphatic heterocycles. The molecule has 1 saturated heterocycles. The fraction of sp³-hybridized carbons (Fsp3) is 0.222. The van der Waals surface area contributed by atoms with Crippen molar-refractivity contribution in [1.82, 2.24) is 0 Å². The van der Waals surface area contributed by atoms with Crippen molar-refractivity contribution in [1.29, 1.82) is 0 Å². The van der Waals surface area contributed by atoms with Crippen molar-refractivity contribution in [3.05, 3.63) is 69.7 Å². The van der Waals surface area contributed by atoms with Crippen molar-refractivity contribution in [2.75, 3.05) is 7.11 Å². The van der Waals surface area contributed by atoms with Crippen molar-refractivity contribution >= 4 is 23.4 Å². The number of carbonyl (C=O) groups excluding carboxylic acids is 2. The van der Waals surface area contributed by atoms with E-state index in [-0.39, 0.29) is 18.0 Å². The van der Waals surface area contributed by atoms with Crippen LogP contribution < -0.4 is 0 Å². The lowest BCUT2D eigenvalue weighted by atomic mass is 9.95. The van der Waals surface area contributed by atoms with Crippen molar-refractivity contribution in [3.63, 3.8) is 0 Å². The highest BCUT2D eigenvalue weighted by Crippen LogP contribution is 2.41. The van der Waals surface area contributed by atoms with E-state index in [1.807, 2.05) is 13.0 Å². The van der Waals surface area contributed by atoms with E-state index in [1.165, 1.54) is 7.11 Å². The van der Waals surface area contributed by atoms with Gasteiger partial charge in [-0.25, -0.2) is 4.79 Å². The summed E-state index contributed by atoms with van der Waals surface area (Å²) in [5, 5.41) is 0.497. The molecule has 2 aromatic carbocycles. The molecule has 0 amide bonds. The van der Waals surface area contributed by atoms with E-state index in [0.29, 0.717) is 21.7 Å². The molecule has 0 saturated carbocycles. The Morgan fingerprint density at radius 3 is 2.26 bits per heavy atom. The molecule has 2 unspecified atom stereocenters. The van der Waals surface area contributed by atoms with Gasteiger partial charge in [0.1, 0.15) is 6.10 Å². The van der Waals surface area contributed by atoms with Crippen molar-refractivity contribution < 1.29 is 19.1 Å². The van der Waals surface area contributed by atoms with Gasteiger partial charge in [-0.3, -0.25) is 4.79 Å². The first-order valence-electron chi connectivity index (χ1n) is 7.19. The van der Waals surface area contributed by atoms with Crippen LogP contribution in [0.15, 0.2) is 42.5 Å². The van der Waals surface area contributed by atoms with Gasteiger partial charge in [0.05, 0.1) is 18.8 Å². The molecule has 5 heteroatoms. The first-order chi connectivity index (χ1) is 11.0. The third kappa shape index (κ3) is 3.14. The average Bonchev–Trinajstić information content (AvgIpc) is 3.30. The maximum Gasteiger partial charge on any atom is 0.337 e. The van der Waals surface area contributed by atoms with Crippen molar-refractivity contribution in [3.8, 4) is 0 Å². The fourth-order valence-electron chi connectivity index (χ4n) is 2.52. The Kier molecular flexibility index (Phi) is 4.20. The SMILES string of the molecule is COC(=O)c1ccc(C(=O)c2cc(Cl)ccc2C2OC2C)cc1. The minimum atomic E-state index is -0.437. The van der Waals surface area contributed by atoms with Crippen LogP contribution in [0.25, 0.3) is 0 Å². The molecule has 2 atom stereocenters. The Hall–Kier alpha value is -2.17. The Morgan fingerprint density at radius 2 is 1.70 bits per heavy atom. The predicted molar refractivity (Wildman–Crippen MR) is 86.0 cm³/mol. The monoisotopic (exact) mass is 330 g/mol. The summed E-state index contributed by atoms with van der Waals surface area (Å²) >= 11 is 6.04. The van der Waals surface area contributed by atoms with E-state index in [0.717, 1.165) is 5.56 Å². The molecule has 0 spiro atoms. The third-order valence-corrected chi connectivity index (χ3v) is 4.08. The number of ketones is 1. The maximum atomic E-state index is 12.8. The highest BCUT2D eigenvalue weighted by atomic mass is 35.5. The summed E-state index contributed by atoms with van der Waals surface area (Å²) in [7, 11) is 1.32. The molecule has 1 heterocycles. The van der Waals surface area contributed by atoms with Gasteiger partial charge in [0.25, 0.3) is 0 Å². The Morgan fingerprint density at radius 1 is 1.09 bits per heavy atom. The van der Waals surface area contributed by atoms with Gasteiger partial charge in [-0.05, 0) is 36.8 Å². The van der Waals surface area contributed by atoms with E-state index in [1.54, 1.807) is 36.4 Å². The van der Waals surface area contributed by atoms with Crippen LogP contribution >= 0.6 is 11.6 Å². The molecule has 1 aliphatic rings. The molecule has 0 aromatic heterocycles. The van der Waals surface area contributed by atoms with Gasteiger partial charge in [-0.15, -0.1) is 0 Å². The zero-order chi connectivity index (χ0) is 16.6. The second kappa shape index (κ2) is 6.14. The largest absolute Gasteiger partial charge is 0.465 e. The number of ether oxygens (including phenoxy) is 2. The number of epoxide rings is 1. The predicted octanol–water partition coefficient (Wildman–Crippen LogP) is 3.82. The fourth-order valence-corrected chi connectivity index (χ4v) is 2.69. The van der Waals surface area contributed by atoms with Gasteiger partial charge >= 0.3 is 5.97 Å². The van der Waals surface area contributed by atoms with E-state index >= 15 is 0 Å². The molecule has 4 nitrogen and oxygen atoms in total. The van der Waals surface area contributed by atoms with Crippen molar-refractivity contribution in [2.24, 2.45) is 0 Å². The molecule has 2 aromatic rings. The molecule has 0 N–H and O–H groups in total. The number of rotatable bonds is 4. The third-order valence-electron chi connectivity index (χ3n) is 3.85. The lowest BCUT2D eigenvalue weighted by molar-refractivity contribution is 0.0600. The van der Waals surface area contributed by atoms with Crippen LogP contribution in [0.5, 0.6) is 0 Å². The summed E-state index contributed by atoms with van der Waals surface area (Å²) in [5.41, 5.74) is 2.24. The van der Waals surface area contributed by atoms with E-state index in [9.17, 15) is 9.59 Å². The van der Waals surface area contributed by atoms with Gasteiger partial charge in [-0.2, -0.15) is 0 Å². The first kappa shape index (κ1) is 15.7. The molecule has 3 rings (SSSR count). The van der Waals surface area contributed by atoms with E-state index in [2.05, 4.69) is 4.74 Å². The van der Waals surface area contributed by atoms with E-state index < -0.39 is 5.97 Å². The summed E-state index contributed by atoms with van der Waals surface area (Å²) in [5.74, 6) is -0.589. The minimum absolute atomic E-state index is 0.0689. The summed E-state index contributed by atoms with van der Waals surface area (Å²) in [6.07, 6.45) is 0.0324. The van der Waals surface area contributed by atoms with Crippen molar-refractivity contribution in [2.45, 2.75) is 19.1 Å². The normalized spacial score (nSPS) is 19.3. The van der Waals surface area contributed by atoms with Crippen LogP contribution in [0.4, 0.5) is 0 Å². The smallest absolute Gasteiger partial charge is 0.337 e. The Labute approximate surface area is 139 Å². The molecule has 23 heavy (non-hydrogen) atoms. The Bertz CT molecular complexity index is 767. The molecule has 1 fully saturated rings. The van der Waals surface area contributed by atoms with Crippen LogP contribution in [0.3, 0.4) is 0 Å². The first-order valence-corrected chi connectivity index (χ1v) is 7.57. The Balaban J connectivity index is 1.94. The maximum absolute atomic E-state index is 12.8. The number of halogens is 1. The number of esters is 1. The van der Waals surface area contributed by atoms with Crippen LogP contribution in [0.1, 0.15) is 44.9 Å². The molecule has 0 aliphatic carbocycles. The molecule has 0 radical (unpaired) electrons. The molecular formula is C18H15ClO4. The summed E-state index contributed by atoms with van der Waals surface area (Å²) in [4.78, 5) is 24.2. The van der Waals surface area contributed by atoms with E-state index in [4.69, 9.17) is 16.3 Å². The molecule has 118 valence electrons. The highest BCUT2D eigenvalue weighted by Gasteiger charge is 2.38. The zero-order valence-electron chi connectivity index (χ0n) is 12.7. The number of carbonyl (C=O) groups is 2. The van der Waals surface area contributed by atoms with Gasteiger partial charge < -0.3 is 9.47 Å². The zero-order valence-corrected chi connectivity index (χ0v) is 13.5. The standard InChI is InChI=1S/C18H15ClO4/c1-10-17(23-10)14-8-7-13(19)9-15(14)16(20)11-3-5-12(6-4-11)18(21)22-2/h3-10,17H,1-2H3. The van der Waals surface area contributed by atoms with Crippen LogP contribution in [-0.2, 0) is 9.47 Å². The van der Waals surface area contributed by atoms with Gasteiger partial charge in [0.2, 0.25) is 0 Å². The lowest BCUT2D eigenvalue weighted by Crippen LogP contribution is -2.07. The van der Waals surface area contributed by atoms with Gasteiger partial charge in [-0.1, -0.05) is 29.8 Å². The summed E-state index contributed by atoms with van der Waals surface area (Å²) < 4.78 is 10.1. The molecular weight excluding hydrogens is 316 g/mol. The summed E-state index contributed by atoms with van der Waals surface area (Å²) in [6, 6.07) is 11.6. The second-order valence-electron chi connectivity index (χ2n) is 5.39.